The Labute approximate surface area is 164 Å². The van der Waals surface area contributed by atoms with E-state index in [0.717, 1.165) is 21.5 Å². The van der Waals surface area contributed by atoms with Crippen molar-refractivity contribution in [2.45, 2.75) is 0 Å². The van der Waals surface area contributed by atoms with Gasteiger partial charge in [0, 0.05) is 0 Å². The topological polar surface area (TPSA) is 79.2 Å². The van der Waals surface area contributed by atoms with E-state index in [2.05, 4.69) is 5.32 Å². The van der Waals surface area contributed by atoms with E-state index in [1.54, 1.807) is 11.4 Å². The molecular formula is C22H14N2O3S. The Balaban J connectivity index is 1.60. The molecule has 136 valence electrons. The van der Waals surface area contributed by atoms with Gasteiger partial charge in [-0.05, 0) is 39.1 Å². The molecule has 0 aliphatic rings. The fourth-order valence-corrected chi connectivity index (χ4v) is 3.85. The number of thiophene rings is 1. The predicted octanol–water partition coefficient (Wildman–Crippen LogP) is 4.72. The fourth-order valence-electron chi connectivity index (χ4n) is 3.09. The van der Waals surface area contributed by atoms with E-state index >= 15 is 0 Å². The van der Waals surface area contributed by atoms with Crippen molar-refractivity contribution in [2.75, 3.05) is 11.9 Å². The highest BCUT2D eigenvalue weighted by Gasteiger charge is 2.18. The normalized spacial score (nSPS) is 10.5. The van der Waals surface area contributed by atoms with E-state index < -0.39 is 18.5 Å². The van der Waals surface area contributed by atoms with Crippen LogP contribution in [-0.2, 0) is 9.53 Å². The fraction of sp³-hybridized carbons (Fsp3) is 0.0455. The zero-order chi connectivity index (χ0) is 19.5. The first-order valence-electron chi connectivity index (χ1n) is 8.52. The molecule has 0 aliphatic carbocycles. The molecule has 1 heterocycles. The number of nitriles is 1. The Morgan fingerprint density at radius 2 is 1.64 bits per heavy atom. The van der Waals surface area contributed by atoms with Gasteiger partial charge in [-0.2, -0.15) is 5.26 Å². The number of esters is 1. The summed E-state index contributed by atoms with van der Waals surface area (Å²) in [7, 11) is 0. The van der Waals surface area contributed by atoms with Crippen LogP contribution in [0.3, 0.4) is 0 Å². The number of carbonyl (C=O) groups is 2. The average molecular weight is 386 g/mol. The highest BCUT2D eigenvalue weighted by molar-refractivity contribution is 7.14. The van der Waals surface area contributed by atoms with Crippen LogP contribution in [0.5, 0.6) is 0 Å². The maximum atomic E-state index is 12.9. The van der Waals surface area contributed by atoms with Gasteiger partial charge in [0.15, 0.2) is 6.61 Å². The van der Waals surface area contributed by atoms with Crippen LogP contribution < -0.4 is 5.32 Å². The van der Waals surface area contributed by atoms with E-state index in [9.17, 15) is 9.59 Å². The van der Waals surface area contributed by atoms with Crippen molar-refractivity contribution in [1.82, 2.24) is 0 Å². The molecule has 0 saturated carbocycles. The third-order valence-electron chi connectivity index (χ3n) is 4.35. The molecule has 6 heteroatoms. The Morgan fingerprint density at radius 1 is 1.00 bits per heavy atom. The van der Waals surface area contributed by atoms with Crippen LogP contribution in [0.15, 0.2) is 66.0 Å². The third-order valence-corrected chi connectivity index (χ3v) is 5.18. The summed E-state index contributed by atoms with van der Waals surface area (Å²) in [5.74, 6) is -1.05. The summed E-state index contributed by atoms with van der Waals surface area (Å²) < 4.78 is 5.30. The molecule has 0 bridgehead atoms. The van der Waals surface area contributed by atoms with Crippen LogP contribution in [0.1, 0.15) is 15.9 Å². The number of ether oxygens (including phenoxy) is 1. The molecule has 4 rings (SSSR count). The molecule has 1 aromatic heterocycles. The lowest BCUT2D eigenvalue weighted by Crippen LogP contribution is -2.21. The zero-order valence-electron chi connectivity index (χ0n) is 14.6. The van der Waals surface area contributed by atoms with Gasteiger partial charge in [0.2, 0.25) is 0 Å². The molecule has 0 aliphatic heterocycles. The van der Waals surface area contributed by atoms with Crippen molar-refractivity contribution in [3.8, 4) is 6.07 Å². The van der Waals surface area contributed by atoms with Gasteiger partial charge < -0.3 is 10.1 Å². The average Bonchev–Trinajstić information content (AvgIpc) is 3.17. The molecule has 5 nitrogen and oxygen atoms in total. The highest BCUT2D eigenvalue weighted by atomic mass is 32.1. The summed E-state index contributed by atoms with van der Waals surface area (Å²) in [6.07, 6.45) is 0. The molecule has 3 aromatic carbocycles. The number of nitrogens with one attached hydrogen (secondary N) is 1. The smallest absolute Gasteiger partial charge is 0.339 e. The van der Waals surface area contributed by atoms with E-state index in [1.807, 2.05) is 60.7 Å². The number of benzene rings is 3. The SMILES string of the molecule is N#Cc1ccsc1NC(=O)COC(=O)c1c2ccccc2cc2ccccc12. The summed E-state index contributed by atoms with van der Waals surface area (Å²) in [5.41, 5.74) is 0.820. The number of anilines is 1. The Hall–Kier alpha value is -3.69. The number of hydrogen-bond donors (Lipinski definition) is 1. The third kappa shape index (κ3) is 3.31. The van der Waals surface area contributed by atoms with Crippen molar-refractivity contribution in [3.05, 3.63) is 77.2 Å². The van der Waals surface area contributed by atoms with Crippen LogP contribution >= 0.6 is 11.3 Å². The van der Waals surface area contributed by atoms with Gasteiger partial charge in [-0.15, -0.1) is 11.3 Å². The molecule has 0 saturated heterocycles. The summed E-state index contributed by atoms with van der Waals surface area (Å²) in [6.45, 7) is -0.431. The van der Waals surface area contributed by atoms with Crippen molar-refractivity contribution in [2.24, 2.45) is 0 Å². The van der Waals surface area contributed by atoms with Crippen molar-refractivity contribution in [3.63, 3.8) is 0 Å². The quantitative estimate of drug-likeness (QED) is 0.406. The van der Waals surface area contributed by atoms with Crippen molar-refractivity contribution >= 4 is 49.8 Å². The van der Waals surface area contributed by atoms with Gasteiger partial charge in [-0.1, -0.05) is 48.5 Å². The van der Waals surface area contributed by atoms with E-state index in [0.29, 0.717) is 16.1 Å². The Kier molecular flexibility index (Phi) is 4.75. The van der Waals surface area contributed by atoms with E-state index in [1.165, 1.54) is 11.3 Å². The second-order valence-corrected chi connectivity index (χ2v) is 7.01. The van der Waals surface area contributed by atoms with Crippen LogP contribution in [0.2, 0.25) is 0 Å². The monoisotopic (exact) mass is 386 g/mol. The van der Waals surface area contributed by atoms with Crippen LogP contribution in [0, 0.1) is 11.3 Å². The standard InChI is InChI=1S/C22H14N2O3S/c23-12-16-9-10-28-21(16)24-19(25)13-27-22(26)20-17-7-3-1-5-14(17)11-15-6-2-4-8-18(15)20/h1-11H,13H2,(H,24,25). The van der Waals surface area contributed by atoms with E-state index in [-0.39, 0.29) is 0 Å². The van der Waals surface area contributed by atoms with E-state index in [4.69, 9.17) is 10.00 Å². The van der Waals surface area contributed by atoms with Gasteiger partial charge in [-0.25, -0.2) is 4.79 Å². The highest BCUT2D eigenvalue weighted by Crippen LogP contribution is 2.29. The molecule has 0 atom stereocenters. The van der Waals surface area contributed by atoms with Crippen LogP contribution in [0.25, 0.3) is 21.5 Å². The maximum absolute atomic E-state index is 12.9. The zero-order valence-corrected chi connectivity index (χ0v) is 15.5. The molecule has 0 fully saturated rings. The first-order valence-corrected chi connectivity index (χ1v) is 9.40. The maximum Gasteiger partial charge on any atom is 0.339 e. The minimum atomic E-state index is -0.560. The van der Waals surface area contributed by atoms with Crippen molar-refractivity contribution < 1.29 is 14.3 Å². The first kappa shape index (κ1) is 17.7. The van der Waals surface area contributed by atoms with Gasteiger partial charge >= 0.3 is 5.97 Å². The second kappa shape index (κ2) is 7.51. The molecule has 0 spiro atoms. The molecule has 1 amide bonds. The largest absolute Gasteiger partial charge is 0.452 e. The molecule has 4 aromatic rings. The molecular weight excluding hydrogens is 372 g/mol. The minimum Gasteiger partial charge on any atom is -0.452 e. The number of nitrogens with zero attached hydrogens (tertiary/aromatic N) is 1. The molecule has 28 heavy (non-hydrogen) atoms. The lowest BCUT2D eigenvalue weighted by molar-refractivity contribution is -0.119. The summed E-state index contributed by atoms with van der Waals surface area (Å²) in [6, 6.07) is 20.8. The summed E-state index contributed by atoms with van der Waals surface area (Å²) in [5, 5.41) is 17.2. The number of amides is 1. The Morgan fingerprint density at radius 3 is 2.29 bits per heavy atom. The summed E-state index contributed by atoms with van der Waals surface area (Å²) >= 11 is 1.24. The predicted molar refractivity (Wildman–Crippen MR) is 109 cm³/mol. The summed E-state index contributed by atoms with van der Waals surface area (Å²) in [4.78, 5) is 25.0. The molecule has 0 unspecified atom stereocenters. The number of rotatable bonds is 4. The van der Waals surface area contributed by atoms with Crippen molar-refractivity contribution in [1.29, 1.82) is 5.26 Å². The second-order valence-electron chi connectivity index (χ2n) is 6.09. The minimum absolute atomic E-state index is 0.379. The number of hydrogen-bond acceptors (Lipinski definition) is 5. The number of fused-ring (bicyclic) bond motifs is 2. The van der Waals surface area contributed by atoms with Gasteiger partial charge in [-0.3, -0.25) is 4.79 Å². The lowest BCUT2D eigenvalue weighted by atomic mass is 9.97. The Bertz CT molecular complexity index is 1200. The van der Waals surface area contributed by atoms with Crippen LogP contribution in [0.4, 0.5) is 5.00 Å². The molecule has 1 N–H and O–H groups in total. The van der Waals surface area contributed by atoms with Crippen LogP contribution in [-0.4, -0.2) is 18.5 Å². The first-order chi connectivity index (χ1) is 13.7. The van der Waals surface area contributed by atoms with Gasteiger partial charge in [0.1, 0.15) is 11.1 Å². The lowest BCUT2D eigenvalue weighted by Gasteiger charge is -2.11. The van der Waals surface area contributed by atoms with Gasteiger partial charge in [0.25, 0.3) is 5.91 Å². The number of carbonyl (C=O) groups excluding carboxylic acids is 2. The van der Waals surface area contributed by atoms with Gasteiger partial charge in [0.05, 0.1) is 11.1 Å². The molecule has 0 radical (unpaired) electrons.